The number of nitrogens with one attached hydrogen (secondary N) is 2. The number of nitrogens with zero attached hydrogens (tertiary/aromatic N) is 3. The summed E-state index contributed by atoms with van der Waals surface area (Å²) in [6.45, 7) is 2.05. The maximum absolute atomic E-state index is 13.0. The summed E-state index contributed by atoms with van der Waals surface area (Å²) in [4.78, 5) is 3.97. The van der Waals surface area contributed by atoms with Gasteiger partial charge in [0.2, 0.25) is 0 Å². The fourth-order valence-corrected chi connectivity index (χ4v) is 2.33. The largest absolute Gasteiger partial charge is 0.489 e. The Morgan fingerprint density at radius 1 is 1.25 bits per heavy atom. The highest BCUT2D eigenvalue weighted by Gasteiger charge is 2.36. The topological polar surface area (TPSA) is 63.5 Å². The number of aliphatic imine (C=N–C) groups is 1. The first-order chi connectivity index (χ1) is 12.7. The second kappa shape index (κ2) is 10.5. The predicted molar refractivity (Wildman–Crippen MR) is 108 cm³/mol. The average molecular weight is 515 g/mol. The fourth-order valence-electron chi connectivity index (χ4n) is 2.33. The number of halogens is 5. The quantitative estimate of drug-likeness (QED) is 0.268. The molecule has 1 heterocycles. The summed E-state index contributed by atoms with van der Waals surface area (Å²) >= 11 is 0. The molecule has 0 aliphatic carbocycles. The van der Waals surface area contributed by atoms with E-state index in [1.54, 1.807) is 6.92 Å². The summed E-state index contributed by atoms with van der Waals surface area (Å²) in [6, 6.07) is 5.62. The van der Waals surface area contributed by atoms with Crippen LogP contribution in [0.1, 0.15) is 18.2 Å². The Morgan fingerprint density at radius 2 is 1.89 bits per heavy atom. The van der Waals surface area contributed by atoms with Crippen LogP contribution in [-0.4, -0.2) is 35.4 Å². The summed E-state index contributed by atoms with van der Waals surface area (Å²) in [5.41, 5.74) is -0.912. The summed E-state index contributed by atoms with van der Waals surface area (Å²) in [7, 11) is 2.94. The minimum absolute atomic E-state index is 0. The van der Waals surface area contributed by atoms with Gasteiger partial charge in [0.05, 0.1) is 6.54 Å². The number of benzene rings is 1. The van der Waals surface area contributed by atoms with Gasteiger partial charge in [0.25, 0.3) is 0 Å². The van der Waals surface area contributed by atoms with E-state index in [0.717, 1.165) is 4.68 Å². The Balaban J connectivity index is 0.00000392. The molecule has 0 fully saturated rings. The van der Waals surface area contributed by atoms with E-state index >= 15 is 0 Å². The maximum atomic E-state index is 13.0. The Bertz CT molecular complexity index is 777. The second-order valence-corrected chi connectivity index (χ2v) is 5.86. The van der Waals surface area contributed by atoms with Crippen LogP contribution < -0.4 is 15.4 Å². The van der Waals surface area contributed by atoms with Gasteiger partial charge in [-0.3, -0.25) is 9.67 Å². The van der Waals surface area contributed by atoms with E-state index in [-0.39, 0.29) is 48.0 Å². The van der Waals surface area contributed by atoms with E-state index in [2.05, 4.69) is 20.7 Å². The highest BCUT2D eigenvalue weighted by atomic mass is 127. The van der Waals surface area contributed by atoms with Crippen molar-refractivity contribution in [2.75, 3.05) is 13.6 Å². The van der Waals surface area contributed by atoms with E-state index in [9.17, 15) is 17.6 Å². The van der Waals surface area contributed by atoms with Crippen LogP contribution in [0.5, 0.6) is 5.75 Å². The Morgan fingerprint density at radius 3 is 2.46 bits per heavy atom. The van der Waals surface area contributed by atoms with Gasteiger partial charge in [-0.05, 0) is 31.2 Å². The van der Waals surface area contributed by atoms with Crippen LogP contribution >= 0.6 is 24.0 Å². The van der Waals surface area contributed by atoms with E-state index in [1.807, 2.05) is 0 Å². The third kappa shape index (κ3) is 7.17. The van der Waals surface area contributed by atoms with Crippen molar-refractivity contribution in [3.8, 4) is 5.75 Å². The highest BCUT2D eigenvalue weighted by Crippen LogP contribution is 2.30. The lowest BCUT2D eigenvalue weighted by atomic mass is 10.2. The first kappa shape index (κ1) is 24.0. The van der Waals surface area contributed by atoms with Crippen LogP contribution in [0.3, 0.4) is 0 Å². The van der Waals surface area contributed by atoms with Gasteiger partial charge in [-0.1, -0.05) is 0 Å². The van der Waals surface area contributed by atoms with Gasteiger partial charge in [-0.25, -0.2) is 4.39 Å². The van der Waals surface area contributed by atoms with E-state index in [4.69, 9.17) is 4.74 Å². The van der Waals surface area contributed by atoms with E-state index in [0.29, 0.717) is 18.3 Å². The predicted octanol–water partition coefficient (Wildman–Crippen LogP) is 3.33. The number of guanidine groups is 1. The van der Waals surface area contributed by atoms with Crippen LogP contribution in [-0.2, 0) is 19.8 Å². The van der Waals surface area contributed by atoms with Crippen LogP contribution in [0.4, 0.5) is 17.6 Å². The third-order valence-electron chi connectivity index (χ3n) is 3.55. The molecule has 1 aromatic heterocycles. The number of aryl methyl sites for hydroxylation is 1. The summed E-state index contributed by atoms with van der Waals surface area (Å²) < 4.78 is 58.5. The molecule has 2 aromatic rings. The molecule has 28 heavy (non-hydrogen) atoms. The molecule has 0 saturated carbocycles. The minimum atomic E-state index is -4.52. The maximum Gasteiger partial charge on any atom is 0.435 e. The van der Waals surface area contributed by atoms with Gasteiger partial charge in [-0.15, -0.1) is 24.0 Å². The van der Waals surface area contributed by atoms with Gasteiger partial charge in [0, 0.05) is 32.4 Å². The van der Waals surface area contributed by atoms with Gasteiger partial charge in [0.1, 0.15) is 17.7 Å². The zero-order valence-electron chi connectivity index (χ0n) is 15.5. The van der Waals surface area contributed by atoms with E-state index < -0.39 is 11.9 Å². The molecule has 11 heteroatoms. The standard InChI is InChI=1S/C17H21F4N5O.HI/c1-11(27-14-6-4-13(18)5-7-14)8-23-16(22-2)24-9-12-10-26(3)25-15(12)17(19,20)21;/h4-7,10-11H,8-9H2,1-3H3,(H2,22,23,24);1H. The van der Waals surface area contributed by atoms with E-state index in [1.165, 1.54) is 44.6 Å². The number of ether oxygens (including phenoxy) is 1. The first-order valence-corrected chi connectivity index (χ1v) is 8.15. The van der Waals surface area contributed by atoms with Gasteiger partial charge >= 0.3 is 6.18 Å². The molecule has 1 atom stereocenters. The number of aromatic nitrogens is 2. The molecule has 156 valence electrons. The molecule has 6 nitrogen and oxygen atoms in total. The molecule has 0 spiro atoms. The van der Waals surface area contributed by atoms with Crippen molar-refractivity contribution in [2.45, 2.75) is 25.7 Å². The summed E-state index contributed by atoms with van der Waals surface area (Å²) in [6.07, 6.45) is -3.49. The van der Waals surface area contributed by atoms with Crippen molar-refractivity contribution >= 4 is 29.9 Å². The lowest BCUT2D eigenvalue weighted by molar-refractivity contribution is -0.142. The molecule has 1 aromatic carbocycles. The van der Waals surface area contributed by atoms with Crippen LogP contribution in [0.25, 0.3) is 0 Å². The second-order valence-electron chi connectivity index (χ2n) is 5.86. The lowest BCUT2D eigenvalue weighted by Gasteiger charge is -2.18. The highest BCUT2D eigenvalue weighted by molar-refractivity contribution is 14.0. The van der Waals surface area contributed by atoms with Crippen LogP contribution in [0, 0.1) is 5.82 Å². The summed E-state index contributed by atoms with van der Waals surface area (Å²) in [5.74, 6) is 0.478. The Hall–Kier alpha value is -2.05. The molecular weight excluding hydrogens is 493 g/mol. The average Bonchev–Trinajstić information content (AvgIpc) is 2.98. The van der Waals surface area contributed by atoms with Gasteiger partial charge in [-0.2, -0.15) is 18.3 Å². The molecule has 2 N–H and O–H groups in total. The number of hydrogen-bond acceptors (Lipinski definition) is 3. The normalized spacial score (nSPS) is 12.9. The molecule has 0 bridgehead atoms. The Kier molecular flexibility index (Phi) is 8.98. The monoisotopic (exact) mass is 515 g/mol. The zero-order valence-corrected chi connectivity index (χ0v) is 17.9. The molecule has 0 aliphatic heterocycles. The lowest BCUT2D eigenvalue weighted by Crippen LogP contribution is -2.41. The van der Waals surface area contributed by atoms with Crippen molar-refractivity contribution < 1.29 is 22.3 Å². The van der Waals surface area contributed by atoms with Crippen LogP contribution in [0.15, 0.2) is 35.5 Å². The molecule has 0 saturated heterocycles. The number of alkyl halides is 3. The van der Waals surface area contributed by atoms with Gasteiger partial charge < -0.3 is 15.4 Å². The molecule has 0 radical (unpaired) electrons. The molecule has 0 aliphatic rings. The molecule has 2 rings (SSSR count). The smallest absolute Gasteiger partial charge is 0.435 e. The van der Waals surface area contributed by atoms with Gasteiger partial charge in [0.15, 0.2) is 11.7 Å². The van der Waals surface area contributed by atoms with Crippen molar-refractivity contribution in [1.29, 1.82) is 0 Å². The third-order valence-corrected chi connectivity index (χ3v) is 3.55. The van der Waals surface area contributed by atoms with Crippen molar-refractivity contribution in [3.05, 3.63) is 47.5 Å². The first-order valence-electron chi connectivity index (χ1n) is 8.15. The molecule has 0 amide bonds. The SMILES string of the molecule is CN=C(NCc1cn(C)nc1C(F)(F)F)NCC(C)Oc1ccc(F)cc1.I. The van der Waals surface area contributed by atoms with Crippen molar-refractivity contribution in [2.24, 2.45) is 12.0 Å². The fraction of sp³-hybridized carbons (Fsp3) is 0.412. The molecular formula is C17H22F4IN5O. The summed E-state index contributed by atoms with van der Waals surface area (Å²) in [5, 5.41) is 9.24. The van der Waals surface area contributed by atoms with Crippen molar-refractivity contribution in [3.63, 3.8) is 0 Å². The molecule has 1 unspecified atom stereocenters. The van der Waals surface area contributed by atoms with Crippen LogP contribution in [0.2, 0.25) is 0 Å². The zero-order chi connectivity index (χ0) is 20.0. The number of hydrogen-bond donors (Lipinski definition) is 2. The van der Waals surface area contributed by atoms with Crippen molar-refractivity contribution in [1.82, 2.24) is 20.4 Å². The Labute approximate surface area is 177 Å². The number of rotatable bonds is 6. The minimum Gasteiger partial charge on any atom is -0.489 e.